The number of hydrogen-bond acceptors (Lipinski definition) is 3. The van der Waals surface area contributed by atoms with Crippen LogP contribution in [0, 0.1) is 11.7 Å². The summed E-state index contributed by atoms with van der Waals surface area (Å²) in [4.78, 5) is 26.8. The fraction of sp³-hybridized carbons (Fsp3) is 0.529. The molecule has 0 bridgehead atoms. The lowest BCUT2D eigenvalue weighted by molar-refractivity contribution is -0.134. The van der Waals surface area contributed by atoms with E-state index in [4.69, 9.17) is 0 Å². The molecule has 1 aromatic rings. The number of carbonyl (C=O) groups excluding carboxylic acids is 2. The third-order valence-electron chi connectivity index (χ3n) is 4.91. The summed E-state index contributed by atoms with van der Waals surface area (Å²) in [5, 5.41) is 2.93. The van der Waals surface area contributed by atoms with Gasteiger partial charge in [0.15, 0.2) is 0 Å². The largest absolute Gasteiger partial charge is 0.325 e. The number of nitrogens with zero attached hydrogens (tertiary/aromatic N) is 1. The van der Waals surface area contributed by atoms with Gasteiger partial charge >= 0.3 is 6.03 Å². The van der Waals surface area contributed by atoms with Gasteiger partial charge in [-0.15, -0.1) is 11.8 Å². The maximum absolute atomic E-state index is 13.6. The summed E-state index contributed by atoms with van der Waals surface area (Å²) in [5.41, 5.74) is -0.710. The van der Waals surface area contributed by atoms with Crippen LogP contribution in [0.1, 0.15) is 32.6 Å². The lowest BCUT2D eigenvalue weighted by Gasteiger charge is -2.36. The molecule has 1 saturated carbocycles. The van der Waals surface area contributed by atoms with E-state index >= 15 is 0 Å². The van der Waals surface area contributed by atoms with Crippen LogP contribution in [0.15, 0.2) is 29.2 Å². The molecule has 0 aromatic heterocycles. The van der Waals surface area contributed by atoms with E-state index < -0.39 is 5.54 Å². The van der Waals surface area contributed by atoms with Gasteiger partial charge in [-0.25, -0.2) is 9.18 Å². The van der Waals surface area contributed by atoms with Gasteiger partial charge in [0.2, 0.25) is 0 Å². The zero-order chi connectivity index (χ0) is 16.4. The third-order valence-corrected chi connectivity index (χ3v) is 5.94. The number of nitrogens with one attached hydrogen (secondary N) is 1. The second kappa shape index (κ2) is 6.51. The molecule has 1 heterocycles. The molecule has 3 rings (SSSR count). The zero-order valence-corrected chi connectivity index (χ0v) is 14.0. The molecule has 1 N–H and O–H groups in total. The van der Waals surface area contributed by atoms with Crippen molar-refractivity contribution in [1.29, 1.82) is 0 Å². The van der Waals surface area contributed by atoms with Crippen LogP contribution in [0.4, 0.5) is 9.18 Å². The summed E-state index contributed by atoms with van der Waals surface area (Å²) in [6, 6.07) is 6.23. The summed E-state index contributed by atoms with van der Waals surface area (Å²) in [5.74, 6) is 0.276. The molecule has 124 valence electrons. The normalized spacial score (nSPS) is 27.6. The predicted molar refractivity (Wildman–Crippen MR) is 87.7 cm³/mol. The number of carbonyl (C=O) groups is 2. The summed E-state index contributed by atoms with van der Waals surface area (Å²) in [7, 11) is 0. The molecule has 1 aromatic carbocycles. The van der Waals surface area contributed by atoms with Gasteiger partial charge in [0.1, 0.15) is 11.4 Å². The number of rotatable bonds is 4. The van der Waals surface area contributed by atoms with Gasteiger partial charge in [0, 0.05) is 17.2 Å². The number of halogens is 1. The van der Waals surface area contributed by atoms with Gasteiger partial charge in [-0.3, -0.25) is 9.69 Å². The molecular weight excluding hydrogens is 315 g/mol. The predicted octanol–water partition coefficient (Wildman–Crippen LogP) is 3.42. The molecule has 1 aliphatic heterocycles. The van der Waals surface area contributed by atoms with Crippen LogP contribution >= 0.6 is 11.8 Å². The van der Waals surface area contributed by atoms with Gasteiger partial charge in [0.05, 0.1) is 0 Å². The highest BCUT2D eigenvalue weighted by molar-refractivity contribution is 7.99. The third kappa shape index (κ3) is 2.96. The monoisotopic (exact) mass is 336 g/mol. The first-order valence-corrected chi connectivity index (χ1v) is 9.04. The highest BCUT2D eigenvalue weighted by atomic mass is 32.2. The lowest BCUT2D eigenvalue weighted by atomic mass is 9.73. The van der Waals surface area contributed by atoms with Crippen molar-refractivity contribution in [3.8, 4) is 0 Å². The van der Waals surface area contributed by atoms with Crippen LogP contribution in [0.3, 0.4) is 0 Å². The van der Waals surface area contributed by atoms with Gasteiger partial charge in [-0.2, -0.15) is 0 Å². The number of amides is 3. The number of thioether (sulfide) groups is 1. The van der Waals surface area contributed by atoms with Crippen molar-refractivity contribution in [2.75, 3.05) is 12.3 Å². The molecule has 3 amide bonds. The van der Waals surface area contributed by atoms with Crippen molar-refractivity contribution in [2.45, 2.75) is 43.0 Å². The van der Waals surface area contributed by atoms with Crippen LogP contribution in [0.5, 0.6) is 0 Å². The Labute approximate surface area is 139 Å². The minimum absolute atomic E-state index is 0.108. The maximum Gasteiger partial charge on any atom is 0.325 e. The van der Waals surface area contributed by atoms with Crippen molar-refractivity contribution < 1.29 is 14.0 Å². The molecule has 1 spiro atoms. The molecule has 23 heavy (non-hydrogen) atoms. The van der Waals surface area contributed by atoms with E-state index in [2.05, 4.69) is 5.32 Å². The lowest BCUT2D eigenvalue weighted by Crippen LogP contribution is -2.54. The second-order valence-corrected chi connectivity index (χ2v) is 7.42. The van der Waals surface area contributed by atoms with E-state index in [1.54, 1.807) is 18.2 Å². The van der Waals surface area contributed by atoms with E-state index in [1.165, 1.54) is 22.7 Å². The van der Waals surface area contributed by atoms with Crippen molar-refractivity contribution in [3.05, 3.63) is 30.1 Å². The second-order valence-electron chi connectivity index (χ2n) is 6.28. The fourth-order valence-corrected chi connectivity index (χ4v) is 4.38. The van der Waals surface area contributed by atoms with Gasteiger partial charge < -0.3 is 5.32 Å². The number of hydrogen-bond donors (Lipinski definition) is 1. The van der Waals surface area contributed by atoms with Gasteiger partial charge in [0.25, 0.3) is 5.91 Å². The first-order chi connectivity index (χ1) is 11.0. The summed E-state index contributed by atoms with van der Waals surface area (Å²) in [6.07, 6.45) is 3.75. The Morgan fingerprint density at radius 3 is 2.87 bits per heavy atom. The standard InChI is InChI=1S/C17H21FN2O2S/c1-12-6-4-5-9-17(12)15(21)20(16(22)19-17)10-11-23-14-8-3-2-7-13(14)18/h2-3,7-8,12H,4-6,9-11H2,1H3,(H,19,22)/t12-,17-/m0/s1. The Balaban J connectivity index is 1.63. The Kier molecular flexibility index (Phi) is 4.62. The first-order valence-electron chi connectivity index (χ1n) is 8.06. The minimum atomic E-state index is -0.710. The van der Waals surface area contributed by atoms with Crippen LogP contribution in [0.2, 0.25) is 0 Å². The number of urea groups is 1. The van der Waals surface area contributed by atoms with E-state index in [1.807, 2.05) is 6.92 Å². The Morgan fingerprint density at radius 1 is 1.35 bits per heavy atom. The van der Waals surface area contributed by atoms with Crippen molar-refractivity contribution in [3.63, 3.8) is 0 Å². The molecule has 4 nitrogen and oxygen atoms in total. The molecule has 0 radical (unpaired) electrons. The molecule has 2 aliphatic rings. The zero-order valence-electron chi connectivity index (χ0n) is 13.2. The quantitative estimate of drug-likeness (QED) is 0.677. The molecule has 1 aliphatic carbocycles. The van der Waals surface area contributed by atoms with Crippen LogP contribution < -0.4 is 5.32 Å². The average molecular weight is 336 g/mol. The van der Waals surface area contributed by atoms with Crippen molar-refractivity contribution >= 4 is 23.7 Å². The van der Waals surface area contributed by atoms with Crippen molar-refractivity contribution in [2.24, 2.45) is 5.92 Å². The summed E-state index contributed by atoms with van der Waals surface area (Å²) in [6.45, 7) is 2.34. The van der Waals surface area contributed by atoms with Gasteiger partial charge in [-0.05, 0) is 30.9 Å². The van der Waals surface area contributed by atoms with Crippen LogP contribution in [-0.4, -0.2) is 34.7 Å². The smallest absolute Gasteiger partial charge is 0.323 e. The molecule has 0 unspecified atom stereocenters. The first kappa shape index (κ1) is 16.3. The number of imide groups is 1. The molecule has 6 heteroatoms. The highest BCUT2D eigenvalue weighted by Gasteiger charge is 2.54. The number of benzene rings is 1. The Hall–Kier alpha value is -1.56. The minimum Gasteiger partial charge on any atom is -0.323 e. The van der Waals surface area contributed by atoms with E-state index in [0.717, 1.165) is 25.7 Å². The topological polar surface area (TPSA) is 49.4 Å². The Morgan fingerprint density at radius 2 is 2.13 bits per heavy atom. The van der Waals surface area contributed by atoms with E-state index in [-0.39, 0.29) is 23.7 Å². The van der Waals surface area contributed by atoms with E-state index in [9.17, 15) is 14.0 Å². The highest BCUT2D eigenvalue weighted by Crippen LogP contribution is 2.38. The summed E-state index contributed by atoms with van der Waals surface area (Å²) < 4.78 is 13.6. The average Bonchev–Trinajstić information content (AvgIpc) is 2.77. The molecule has 2 fully saturated rings. The molecule has 2 atom stereocenters. The fourth-order valence-electron chi connectivity index (χ4n) is 3.51. The van der Waals surface area contributed by atoms with E-state index in [0.29, 0.717) is 17.2 Å². The summed E-state index contributed by atoms with van der Waals surface area (Å²) >= 11 is 1.32. The van der Waals surface area contributed by atoms with Crippen molar-refractivity contribution in [1.82, 2.24) is 10.2 Å². The molecular formula is C17H21FN2O2S. The van der Waals surface area contributed by atoms with Crippen LogP contribution in [0.25, 0.3) is 0 Å². The van der Waals surface area contributed by atoms with Gasteiger partial charge in [-0.1, -0.05) is 31.9 Å². The SMILES string of the molecule is C[C@H]1CCCC[C@]12NC(=O)N(CCSc1ccccc1F)C2=O. The maximum atomic E-state index is 13.6. The Bertz CT molecular complexity index is 624. The molecule has 1 saturated heterocycles. The van der Waals surface area contributed by atoms with Crippen LogP contribution in [-0.2, 0) is 4.79 Å².